The molecule has 4 rings (SSSR count). The second-order valence-electron chi connectivity index (χ2n) is 8.63. The zero-order chi connectivity index (χ0) is 24.5. The van der Waals surface area contributed by atoms with Crippen molar-refractivity contribution in [2.45, 2.75) is 45.7 Å². The molecule has 2 heterocycles. The Morgan fingerprint density at radius 3 is 2.41 bits per heavy atom. The summed E-state index contributed by atoms with van der Waals surface area (Å²) in [6, 6.07) is 15.0. The van der Waals surface area contributed by atoms with E-state index in [0.717, 1.165) is 16.8 Å². The zero-order valence-electron chi connectivity index (χ0n) is 18.8. The molecule has 0 aliphatic rings. The van der Waals surface area contributed by atoms with Gasteiger partial charge < -0.3 is 14.4 Å². The Balaban J connectivity index is 1.50. The Hall–Kier alpha value is -3.66. The Kier molecular flexibility index (Phi) is 6.18. The molecular weight excluding hydrogens is 449 g/mol. The molecule has 0 saturated carbocycles. The van der Waals surface area contributed by atoms with E-state index in [9.17, 15) is 18.3 Å². The normalized spacial score (nSPS) is 12.2. The minimum absolute atomic E-state index is 0.197. The lowest BCUT2D eigenvalue weighted by Crippen LogP contribution is -2.21. The smallest absolute Gasteiger partial charge is 0.406 e. The van der Waals surface area contributed by atoms with Crippen molar-refractivity contribution in [1.29, 1.82) is 0 Å². The lowest BCUT2D eigenvalue weighted by molar-refractivity contribution is -0.274. The summed E-state index contributed by atoms with van der Waals surface area (Å²) in [7, 11) is 0. The van der Waals surface area contributed by atoms with Gasteiger partial charge in [-0.25, -0.2) is 0 Å². The predicted molar refractivity (Wildman–Crippen MR) is 118 cm³/mol. The van der Waals surface area contributed by atoms with E-state index >= 15 is 0 Å². The van der Waals surface area contributed by atoms with E-state index in [1.54, 1.807) is 13.8 Å². The lowest BCUT2D eigenvalue weighted by Gasteiger charge is -2.17. The topological polar surface area (TPSA) is 86.2 Å². The SMILES string of the molecule is Cc1cc(-c2nc(-c3ccc(OC(F)(F)F)cc3)no2)nn1Cc1cccc(CC(C)(C)O)c1. The number of hydrogen-bond donors (Lipinski definition) is 1. The van der Waals surface area contributed by atoms with Crippen LogP contribution in [0.1, 0.15) is 30.7 Å². The minimum Gasteiger partial charge on any atom is -0.406 e. The van der Waals surface area contributed by atoms with Gasteiger partial charge in [-0.05, 0) is 62.2 Å². The summed E-state index contributed by atoms with van der Waals surface area (Å²) in [6.07, 6.45) is -4.22. The van der Waals surface area contributed by atoms with Gasteiger partial charge in [-0.2, -0.15) is 10.1 Å². The van der Waals surface area contributed by atoms with Crippen LogP contribution in [0.4, 0.5) is 13.2 Å². The summed E-state index contributed by atoms with van der Waals surface area (Å²) in [5.41, 5.74) is 3.12. The largest absolute Gasteiger partial charge is 0.573 e. The van der Waals surface area contributed by atoms with Crippen LogP contribution in [0.3, 0.4) is 0 Å². The number of ether oxygens (including phenoxy) is 1. The Morgan fingerprint density at radius 2 is 1.74 bits per heavy atom. The number of rotatable bonds is 7. The van der Waals surface area contributed by atoms with Crippen LogP contribution < -0.4 is 4.74 Å². The van der Waals surface area contributed by atoms with Gasteiger partial charge in [-0.3, -0.25) is 4.68 Å². The van der Waals surface area contributed by atoms with Gasteiger partial charge in [0.1, 0.15) is 5.75 Å². The quantitative estimate of drug-likeness (QED) is 0.400. The standard InChI is InChI=1S/C24H23F3N4O3/c1-15-11-20(29-31(15)14-17-6-4-5-16(12-17)13-23(2,3)32)22-28-21(30-34-22)18-7-9-19(10-8-18)33-24(25,26)27/h4-12,32H,13-14H2,1-3H3. The van der Waals surface area contributed by atoms with Crippen LogP contribution in [0.5, 0.6) is 5.75 Å². The summed E-state index contributed by atoms with van der Waals surface area (Å²) in [6.45, 7) is 5.97. The second kappa shape index (κ2) is 8.94. The predicted octanol–water partition coefficient (Wildman–Crippen LogP) is 5.17. The van der Waals surface area contributed by atoms with Crippen molar-refractivity contribution in [2.75, 3.05) is 0 Å². The van der Waals surface area contributed by atoms with Crippen LogP contribution in [-0.4, -0.2) is 37.0 Å². The number of alkyl halides is 3. The number of benzene rings is 2. The maximum Gasteiger partial charge on any atom is 0.573 e. The molecule has 7 nitrogen and oxygen atoms in total. The van der Waals surface area contributed by atoms with Gasteiger partial charge in [0.05, 0.1) is 12.1 Å². The first kappa shape index (κ1) is 23.5. The number of hydrogen-bond acceptors (Lipinski definition) is 6. The molecule has 178 valence electrons. The zero-order valence-corrected chi connectivity index (χ0v) is 18.8. The van der Waals surface area contributed by atoms with E-state index in [2.05, 4.69) is 20.0 Å². The van der Waals surface area contributed by atoms with Crippen LogP contribution in [0, 0.1) is 6.92 Å². The Labute approximate surface area is 193 Å². The van der Waals surface area contributed by atoms with Gasteiger partial charge in [0.2, 0.25) is 5.82 Å². The van der Waals surface area contributed by atoms with E-state index < -0.39 is 12.0 Å². The van der Waals surface area contributed by atoms with Crippen molar-refractivity contribution in [1.82, 2.24) is 19.9 Å². The molecule has 1 N–H and O–H groups in total. The molecule has 4 aromatic rings. The molecule has 0 saturated heterocycles. The number of aliphatic hydroxyl groups is 1. The van der Waals surface area contributed by atoms with Gasteiger partial charge in [0.25, 0.3) is 5.89 Å². The van der Waals surface area contributed by atoms with Gasteiger partial charge >= 0.3 is 6.36 Å². The molecule has 0 atom stereocenters. The summed E-state index contributed by atoms with van der Waals surface area (Å²) < 4.78 is 48.0. The van der Waals surface area contributed by atoms with Gasteiger partial charge in [0, 0.05) is 17.7 Å². The highest BCUT2D eigenvalue weighted by atomic mass is 19.4. The molecule has 0 aliphatic heterocycles. The fourth-order valence-electron chi connectivity index (χ4n) is 3.54. The molecular formula is C24H23F3N4O3. The highest BCUT2D eigenvalue weighted by Gasteiger charge is 2.31. The van der Waals surface area contributed by atoms with Gasteiger partial charge in [-0.15, -0.1) is 13.2 Å². The highest BCUT2D eigenvalue weighted by Crippen LogP contribution is 2.27. The molecule has 0 aliphatic carbocycles. The molecule has 0 unspecified atom stereocenters. The van der Waals surface area contributed by atoms with Crippen LogP contribution in [0.25, 0.3) is 23.0 Å². The monoisotopic (exact) mass is 472 g/mol. The van der Waals surface area contributed by atoms with Crippen molar-refractivity contribution in [3.05, 3.63) is 71.4 Å². The summed E-state index contributed by atoms with van der Waals surface area (Å²) in [4.78, 5) is 4.33. The van der Waals surface area contributed by atoms with Crippen LogP contribution in [0.15, 0.2) is 59.1 Å². The number of nitrogens with zero attached hydrogens (tertiary/aromatic N) is 4. The summed E-state index contributed by atoms with van der Waals surface area (Å²) >= 11 is 0. The molecule has 34 heavy (non-hydrogen) atoms. The average molecular weight is 472 g/mol. The van der Waals surface area contributed by atoms with Crippen molar-refractivity contribution in [3.8, 4) is 28.7 Å². The summed E-state index contributed by atoms with van der Waals surface area (Å²) in [5, 5.41) is 18.6. The van der Waals surface area contributed by atoms with E-state index in [4.69, 9.17) is 4.52 Å². The molecule has 0 radical (unpaired) electrons. The number of aromatic nitrogens is 4. The van der Waals surface area contributed by atoms with Crippen molar-refractivity contribution >= 4 is 0 Å². The maximum atomic E-state index is 12.3. The number of aryl methyl sites for hydroxylation is 1. The molecule has 0 bridgehead atoms. The first-order chi connectivity index (χ1) is 15.9. The van der Waals surface area contributed by atoms with E-state index in [-0.39, 0.29) is 17.5 Å². The summed E-state index contributed by atoms with van der Waals surface area (Å²) in [5.74, 6) is 0.0873. The third-order valence-corrected chi connectivity index (χ3v) is 4.93. The van der Waals surface area contributed by atoms with Crippen LogP contribution >= 0.6 is 0 Å². The Bertz CT molecular complexity index is 1270. The van der Waals surface area contributed by atoms with Crippen LogP contribution in [0.2, 0.25) is 0 Å². The Morgan fingerprint density at radius 1 is 1.03 bits per heavy atom. The highest BCUT2D eigenvalue weighted by molar-refractivity contribution is 5.58. The van der Waals surface area contributed by atoms with Gasteiger partial charge in [0.15, 0.2) is 5.69 Å². The third-order valence-electron chi connectivity index (χ3n) is 4.93. The van der Waals surface area contributed by atoms with E-state index in [1.165, 1.54) is 24.3 Å². The molecule has 0 amide bonds. The van der Waals surface area contributed by atoms with Crippen molar-refractivity contribution < 1.29 is 27.5 Å². The molecule has 0 spiro atoms. The molecule has 2 aromatic carbocycles. The van der Waals surface area contributed by atoms with E-state index in [1.807, 2.05) is 41.9 Å². The molecule has 0 fully saturated rings. The molecule has 2 aromatic heterocycles. The van der Waals surface area contributed by atoms with Gasteiger partial charge in [-0.1, -0.05) is 29.4 Å². The molecule has 10 heteroatoms. The first-order valence-electron chi connectivity index (χ1n) is 10.5. The van der Waals surface area contributed by atoms with Crippen molar-refractivity contribution in [2.24, 2.45) is 0 Å². The van der Waals surface area contributed by atoms with E-state index in [0.29, 0.717) is 24.2 Å². The maximum absolute atomic E-state index is 12.3. The third kappa shape index (κ3) is 6.02. The van der Waals surface area contributed by atoms with Crippen molar-refractivity contribution in [3.63, 3.8) is 0 Å². The first-order valence-corrected chi connectivity index (χ1v) is 10.5. The minimum atomic E-state index is -4.76. The second-order valence-corrected chi connectivity index (χ2v) is 8.63. The van der Waals surface area contributed by atoms with Crippen LogP contribution in [-0.2, 0) is 13.0 Å². The average Bonchev–Trinajstić information content (AvgIpc) is 3.34. The number of halogens is 3. The fourth-order valence-corrected chi connectivity index (χ4v) is 3.54. The lowest BCUT2D eigenvalue weighted by atomic mass is 9.97. The fraction of sp³-hybridized carbons (Fsp3) is 0.292.